The normalized spacial score (nSPS) is 9.95. The number of pyridine rings is 1. The average Bonchev–Trinajstić information content (AvgIpc) is 2.45. The van der Waals surface area contributed by atoms with E-state index in [-0.39, 0.29) is 17.4 Å². The van der Waals surface area contributed by atoms with Crippen molar-refractivity contribution >= 4 is 11.5 Å². The third-order valence-electron chi connectivity index (χ3n) is 2.35. The van der Waals surface area contributed by atoms with E-state index in [4.69, 9.17) is 4.74 Å². The van der Waals surface area contributed by atoms with Crippen LogP contribution in [0.25, 0.3) is 0 Å². The van der Waals surface area contributed by atoms with Crippen molar-refractivity contribution in [2.45, 2.75) is 6.54 Å². The predicted octanol–water partition coefficient (Wildman–Crippen LogP) is 1.40. The number of aromatic nitrogens is 3. The number of anilines is 1. The number of nitrogens with zero attached hydrogens (tertiary/aromatic N) is 4. The van der Waals surface area contributed by atoms with E-state index < -0.39 is 4.92 Å². The van der Waals surface area contributed by atoms with Gasteiger partial charge in [0.05, 0.1) is 12.0 Å². The Kier molecular flexibility index (Phi) is 3.81. The van der Waals surface area contributed by atoms with Crippen molar-refractivity contribution in [3.8, 4) is 5.88 Å². The third-order valence-corrected chi connectivity index (χ3v) is 2.35. The van der Waals surface area contributed by atoms with Crippen LogP contribution in [-0.2, 0) is 6.54 Å². The SMILES string of the molecule is COc1ncnc(NCc2cccnc2)c1[N+](=O)[O-]. The van der Waals surface area contributed by atoms with E-state index in [1.54, 1.807) is 18.5 Å². The van der Waals surface area contributed by atoms with Gasteiger partial charge in [-0.25, -0.2) is 4.98 Å². The highest BCUT2D eigenvalue weighted by atomic mass is 16.6. The Morgan fingerprint density at radius 1 is 1.47 bits per heavy atom. The summed E-state index contributed by atoms with van der Waals surface area (Å²) in [4.78, 5) is 22.0. The molecule has 0 saturated heterocycles. The molecule has 0 atom stereocenters. The summed E-state index contributed by atoms with van der Waals surface area (Å²) in [6.45, 7) is 0.370. The fraction of sp³-hybridized carbons (Fsp3) is 0.182. The van der Waals surface area contributed by atoms with Crippen molar-refractivity contribution in [3.05, 3.63) is 46.5 Å². The van der Waals surface area contributed by atoms with Crippen molar-refractivity contribution in [2.24, 2.45) is 0 Å². The average molecular weight is 261 g/mol. The van der Waals surface area contributed by atoms with Gasteiger partial charge in [-0.1, -0.05) is 6.07 Å². The standard InChI is InChI=1S/C11H11N5O3/c1-19-11-9(16(17)18)10(14-7-15-11)13-6-8-3-2-4-12-5-8/h2-5,7H,6H2,1H3,(H,13,14,15). The minimum atomic E-state index is -0.579. The van der Waals surface area contributed by atoms with Crippen molar-refractivity contribution in [1.82, 2.24) is 15.0 Å². The van der Waals surface area contributed by atoms with E-state index >= 15 is 0 Å². The van der Waals surface area contributed by atoms with Crippen LogP contribution in [0.4, 0.5) is 11.5 Å². The number of methoxy groups -OCH3 is 1. The van der Waals surface area contributed by atoms with Crippen LogP contribution in [0.1, 0.15) is 5.56 Å². The summed E-state index contributed by atoms with van der Waals surface area (Å²) in [7, 11) is 1.32. The number of nitro groups is 1. The molecule has 98 valence electrons. The largest absolute Gasteiger partial charge is 0.476 e. The number of ether oxygens (including phenoxy) is 1. The molecule has 0 saturated carbocycles. The Hall–Kier alpha value is -2.77. The van der Waals surface area contributed by atoms with Crippen LogP contribution in [-0.4, -0.2) is 27.0 Å². The topological polar surface area (TPSA) is 103 Å². The molecular weight excluding hydrogens is 250 g/mol. The highest BCUT2D eigenvalue weighted by Gasteiger charge is 2.23. The van der Waals surface area contributed by atoms with Crippen LogP contribution < -0.4 is 10.1 Å². The molecule has 0 bridgehead atoms. The van der Waals surface area contributed by atoms with Gasteiger partial charge in [0.15, 0.2) is 0 Å². The molecule has 0 fully saturated rings. The van der Waals surface area contributed by atoms with Crippen molar-refractivity contribution < 1.29 is 9.66 Å². The molecule has 0 amide bonds. The monoisotopic (exact) mass is 261 g/mol. The Balaban J connectivity index is 2.23. The molecular formula is C11H11N5O3. The zero-order valence-electron chi connectivity index (χ0n) is 10.1. The fourth-order valence-electron chi connectivity index (χ4n) is 1.49. The van der Waals surface area contributed by atoms with E-state index in [0.717, 1.165) is 5.56 Å². The Bertz CT molecular complexity index is 576. The van der Waals surface area contributed by atoms with Gasteiger partial charge in [0.2, 0.25) is 5.82 Å². The first-order valence-electron chi connectivity index (χ1n) is 5.38. The van der Waals surface area contributed by atoms with Crippen LogP contribution in [0.3, 0.4) is 0 Å². The Labute approximate surface area is 108 Å². The van der Waals surface area contributed by atoms with E-state index in [1.165, 1.54) is 13.4 Å². The van der Waals surface area contributed by atoms with Crippen molar-refractivity contribution in [1.29, 1.82) is 0 Å². The minimum absolute atomic E-state index is 0.0753. The summed E-state index contributed by atoms with van der Waals surface area (Å²) in [5, 5.41) is 13.9. The van der Waals surface area contributed by atoms with Crippen LogP contribution in [0, 0.1) is 10.1 Å². The molecule has 0 unspecified atom stereocenters. The van der Waals surface area contributed by atoms with Gasteiger partial charge in [0, 0.05) is 18.9 Å². The summed E-state index contributed by atoms with van der Waals surface area (Å²) in [5.74, 6) is 0.0365. The maximum Gasteiger partial charge on any atom is 0.372 e. The molecule has 0 spiro atoms. The molecule has 2 aromatic rings. The zero-order chi connectivity index (χ0) is 13.7. The maximum atomic E-state index is 11.0. The fourth-order valence-corrected chi connectivity index (χ4v) is 1.49. The van der Waals surface area contributed by atoms with Crippen LogP contribution in [0.5, 0.6) is 5.88 Å². The third kappa shape index (κ3) is 2.92. The molecule has 2 aromatic heterocycles. The second-order valence-electron chi connectivity index (χ2n) is 3.55. The van der Waals surface area contributed by atoms with Gasteiger partial charge in [0.25, 0.3) is 5.88 Å². The van der Waals surface area contributed by atoms with E-state index in [0.29, 0.717) is 6.54 Å². The molecule has 2 heterocycles. The van der Waals surface area contributed by atoms with E-state index in [9.17, 15) is 10.1 Å². The molecule has 19 heavy (non-hydrogen) atoms. The molecule has 0 radical (unpaired) electrons. The lowest BCUT2D eigenvalue weighted by Gasteiger charge is -2.07. The molecule has 8 nitrogen and oxygen atoms in total. The smallest absolute Gasteiger partial charge is 0.372 e. The lowest BCUT2D eigenvalue weighted by molar-refractivity contribution is -0.385. The maximum absolute atomic E-state index is 11.0. The van der Waals surface area contributed by atoms with Gasteiger partial charge in [-0.15, -0.1) is 0 Å². The Morgan fingerprint density at radius 2 is 2.32 bits per heavy atom. The number of hydrogen-bond donors (Lipinski definition) is 1. The first-order valence-corrected chi connectivity index (χ1v) is 5.38. The van der Waals surface area contributed by atoms with Crippen molar-refractivity contribution in [3.63, 3.8) is 0 Å². The summed E-state index contributed by atoms with van der Waals surface area (Å²) < 4.78 is 4.85. The molecule has 2 rings (SSSR count). The second kappa shape index (κ2) is 5.71. The minimum Gasteiger partial charge on any atom is -0.476 e. The highest BCUT2D eigenvalue weighted by molar-refractivity contribution is 5.61. The molecule has 0 aliphatic carbocycles. The van der Waals surface area contributed by atoms with Gasteiger partial charge in [-0.05, 0) is 11.6 Å². The Morgan fingerprint density at radius 3 is 2.95 bits per heavy atom. The van der Waals surface area contributed by atoms with Gasteiger partial charge >= 0.3 is 5.69 Å². The second-order valence-corrected chi connectivity index (χ2v) is 3.55. The van der Waals surface area contributed by atoms with Gasteiger partial charge in [0.1, 0.15) is 6.33 Å². The summed E-state index contributed by atoms with van der Waals surface area (Å²) in [5.41, 5.74) is 0.600. The number of nitrogens with one attached hydrogen (secondary N) is 1. The number of hydrogen-bond acceptors (Lipinski definition) is 7. The van der Waals surface area contributed by atoms with Crippen LogP contribution in [0.2, 0.25) is 0 Å². The van der Waals surface area contributed by atoms with Crippen LogP contribution >= 0.6 is 0 Å². The summed E-state index contributed by atoms with van der Waals surface area (Å²) >= 11 is 0. The first-order chi connectivity index (χ1) is 9.22. The lowest BCUT2D eigenvalue weighted by Crippen LogP contribution is -2.07. The molecule has 0 aliphatic rings. The molecule has 0 aliphatic heterocycles. The van der Waals surface area contributed by atoms with Gasteiger partial charge < -0.3 is 10.1 Å². The first kappa shape index (κ1) is 12.7. The molecule has 8 heteroatoms. The number of rotatable bonds is 5. The molecule has 0 aromatic carbocycles. The summed E-state index contributed by atoms with van der Waals surface area (Å²) in [6, 6.07) is 3.64. The van der Waals surface area contributed by atoms with E-state index in [1.807, 2.05) is 6.07 Å². The van der Waals surface area contributed by atoms with Gasteiger partial charge in [-0.3, -0.25) is 15.1 Å². The summed E-state index contributed by atoms with van der Waals surface area (Å²) in [6.07, 6.45) is 4.52. The highest BCUT2D eigenvalue weighted by Crippen LogP contribution is 2.30. The quantitative estimate of drug-likeness (QED) is 0.640. The van der Waals surface area contributed by atoms with Crippen LogP contribution in [0.15, 0.2) is 30.9 Å². The van der Waals surface area contributed by atoms with E-state index in [2.05, 4.69) is 20.3 Å². The zero-order valence-corrected chi connectivity index (χ0v) is 10.1. The lowest BCUT2D eigenvalue weighted by atomic mass is 10.3. The van der Waals surface area contributed by atoms with Crippen molar-refractivity contribution in [2.75, 3.05) is 12.4 Å². The molecule has 1 N–H and O–H groups in total. The predicted molar refractivity (Wildman–Crippen MR) is 66.8 cm³/mol. The van der Waals surface area contributed by atoms with Gasteiger partial charge in [-0.2, -0.15) is 4.98 Å².